The first-order valence-corrected chi connectivity index (χ1v) is 12.2. The van der Waals surface area contributed by atoms with Crippen LogP contribution in [0, 0.1) is 6.92 Å². The first-order chi connectivity index (χ1) is 15.2. The van der Waals surface area contributed by atoms with E-state index in [0.29, 0.717) is 23.6 Å². The smallest absolute Gasteiger partial charge is 0.268 e. The number of amides is 1. The van der Waals surface area contributed by atoms with E-state index in [2.05, 4.69) is 10.3 Å². The average Bonchev–Trinajstić information content (AvgIpc) is 3.08. The van der Waals surface area contributed by atoms with Crippen LogP contribution in [-0.2, 0) is 23.6 Å². The number of carbonyl (C=O) groups is 1. The number of aliphatic hydroxyl groups is 1. The number of rotatable bonds is 5. The van der Waals surface area contributed by atoms with Crippen molar-refractivity contribution in [1.29, 1.82) is 0 Å². The summed E-state index contributed by atoms with van der Waals surface area (Å²) in [7, 11) is -2.10. The van der Waals surface area contributed by atoms with Crippen molar-refractivity contribution in [3.05, 3.63) is 58.5 Å². The topological polar surface area (TPSA) is 105 Å². The molecular formula is C22H25ClN4O4S. The molecule has 3 heterocycles. The summed E-state index contributed by atoms with van der Waals surface area (Å²) >= 11 is 6.36. The maximum absolute atomic E-state index is 13.1. The summed E-state index contributed by atoms with van der Waals surface area (Å²) in [6, 6.07) is 8.67. The van der Waals surface area contributed by atoms with Crippen molar-refractivity contribution in [2.75, 3.05) is 13.1 Å². The fourth-order valence-corrected chi connectivity index (χ4v) is 5.97. The van der Waals surface area contributed by atoms with Gasteiger partial charge in [-0.25, -0.2) is 8.42 Å². The molecule has 0 saturated carbocycles. The number of benzene rings is 1. The molecule has 1 amide bonds. The fraction of sp³-hybridized carbons (Fsp3) is 0.364. The molecule has 1 aliphatic heterocycles. The van der Waals surface area contributed by atoms with Gasteiger partial charge in [0.05, 0.1) is 11.6 Å². The maximum Gasteiger partial charge on any atom is 0.268 e. The Morgan fingerprint density at radius 2 is 2.00 bits per heavy atom. The number of sulfonamides is 1. The molecule has 0 bridgehead atoms. The summed E-state index contributed by atoms with van der Waals surface area (Å²) in [5, 5.41) is 13.9. The Hall–Kier alpha value is -2.46. The molecule has 0 aliphatic carbocycles. The zero-order valence-electron chi connectivity index (χ0n) is 17.9. The summed E-state index contributed by atoms with van der Waals surface area (Å²) in [4.78, 5) is 17.4. The van der Waals surface area contributed by atoms with E-state index in [0.717, 1.165) is 16.5 Å². The number of fused-ring (bicyclic) bond motifs is 1. The third-order valence-electron chi connectivity index (χ3n) is 6.03. The van der Waals surface area contributed by atoms with Crippen LogP contribution < -0.4 is 5.32 Å². The highest BCUT2D eigenvalue weighted by Gasteiger charge is 2.32. The van der Waals surface area contributed by atoms with E-state index < -0.39 is 22.0 Å². The lowest BCUT2D eigenvalue weighted by molar-refractivity contribution is 0.0942. The maximum atomic E-state index is 13.1. The second-order valence-corrected chi connectivity index (χ2v) is 10.3. The SMILES string of the molecule is Cc1c(S(=O)(=O)N2CCC(O)CC2)cc(C(=O)NCc2c(Cl)ccc3ncccc23)n1C. The number of carbonyl (C=O) groups excluding carboxylic acids is 1. The van der Waals surface area contributed by atoms with Crippen molar-refractivity contribution in [1.82, 2.24) is 19.2 Å². The van der Waals surface area contributed by atoms with E-state index in [1.54, 1.807) is 36.9 Å². The van der Waals surface area contributed by atoms with Crippen LogP contribution in [0.2, 0.25) is 5.02 Å². The van der Waals surface area contributed by atoms with Gasteiger partial charge < -0.3 is 15.0 Å². The molecule has 8 nitrogen and oxygen atoms in total. The second-order valence-electron chi connectivity index (χ2n) is 7.95. The standard InChI is InChI=1S/C22H25ClN4O4S/c1-14-21(32(30,31)27-10-7-15(28)8-11-27)12-20(26(14)2)22(29)25-13-17-16-4-3-9-24-19(16)6-5-18(17)23/h3-6,9,12,15,28H,7-8,10-11,13H2,1-2H3,(H,25,29). The van der Waals surface area contributed by atoms with Gasteiger partial charge in [0, 0.05) is 49.0 Å². The Labute approximate surface area is 191 Å². The van der Waals surface area contributed by atoms with Gasteiger partial charge in [-0.15, -0.1) is 0 Å². The van der Waals surface area contributed by atoms with Crippen molar-refractivity contribution in [2.24, 2.45) is 7.05 Å². The van der Waals surface area contributed by atoms with E-state index in [4.69, 9.17) is 11.6 Å². The molecule has 1 aliphatic rings. The largest absolute Gasteiger partial charge is 0.393 e. The molecular weight excluding hydrogens is 452 g/mol. The van der Waals surface area contributed by atoms with Crippen molar-refractivity contribution in [2.45, 2.75) is 37.3 Å². The quantitative estimate of drug-likeness (QED) is 0.589. The van der Waals surface area contributed by atoms with Crippen LogP contribution in [0.15, 0.2) is 41.4 Å². The van der Waals surface area contributed by atoms with Crippen molar-refractivity contribution < 1.29 is 18.3 Å². The minimum atomic E-state index is -3.76. The van der Waals surface area contributed by atoms with E-state index in [-0.39, 0.29) is 30.2 Å². The Bertz CT molecular complexity index is 1280. The van der Waals surface area contributed by atoms with Crippen LogP contribution in [0.25, 0.3) is 10.9 Å². The molecule has 4 rings (SSSR count). The highest BCUT2D eigenvalue weighted by Crippen LogP contribution is 2.27. The predicted molar refractivity (Wildman–Crippen MR) is 122 cm³/mol. The number of aromatic nitrogens is 2. The molecule has 170 valence electrons. The van der Waals surface area contributed by atoms with Gasteiger partial charge in [-0.3, -0.25) is 9.78 Å². The minimum Gasteiger partial charge on any atom is -0.393 e. The van der Waals surface area contributed by atoms with Crippen molar-refractivity contribution >= 4 is 38.4 Å². The number of hydrogen-bond donors (Lipinski definition) is 2. The third-order valence-corrected chi connectivity index (χ3v) is 8.40. The molecule has 2 N–H and O–H groups in total. The van der Waals surface area contributed by atoms with Crippen LogP contribution in [-0.4, -0.2) is 52.5 Å². The molecule has 2 aromatic heterocycles. The van der Waals surface area contributed by atoms with Gasteiger partial charge in [0.25, 0.3) is 5.91 Å². The lowest BCUT2D eigenvalue weighted by Gasteiger charge is -2.28. The number of aliphatic hydroxyl groups excluding tert-OH is 1. The Kier molecular flexibility index (Phi) is 6.26. The molecule has 0 atom stereocenters. The number of nitrogens with zero attached hydrogens (tertiary/aromatic N) is 3. The third kappa shape index (κ3) is 4.13. The van der Waals surface area contributed by atoms with Crippen LogP contribution >= 0.6 is 11.6 Å². The zero-order chi connectivity index (χ0) is 23.0. The van der Waals surface area contributed by atoms with E-state index in [9.17, 15) is 18.3 Å². The van der Waals surface area contributed by atoms with E-state index in [1.807, 2.05) is 12.1 Å². The lowest BCUT2D eigenvalue weighted by Crippen LogP contribution is -2.40. The first kappa shape index (κ1) is 22.7. The Morgan fingerprint density at radius 1 is 1.28 bits per heavy atom. The molecule has 3 aromatic rings. The highest BCUT2D eigenvalue weighted by atomic mass is 35.5. The number of pyridine rings is 1. The Balaban J connectivity index is 1.58. The summed E-state index contributed by atoms with van der Waals surface area (Å²) in [6.07, 6.45) is 2.02. The summed E-state index contributed by atoms with van der Waals surface area (Å²) in [6.45, 7) is 2.37. The monoisotopic (exact) mass is 476 g/mol. The molecule has 0 unspecified atom stereocenters. The van der Waals surface area contributed by atoms with Crippen molar-refractivity contribution in [3.63, 3.8) is 0 Å². The molecule has 10 heteroatoms. The molecule has 1 aromatic carbocycles. The van der Waals surface area contributed by atoms with Gasteiger partial charge in [-0.2, -0.15) is 4.31 Å². The Morgan fingerprint density at radius 3 is 2.72 bits per heavy atom. The number of nitrogens with one attached hydrogen (secondary N) is 1. The minimum absolute atomic E-state index is 0.105. The van der Waals surface area contributed by atoms with Gasteiger partial charge in [-0.1, -0.05) is 17.7 Å². The normalized spacial score (nSPS) is 15.9. The van der Waals surface area contributed by atoms with Crippen LogP contribution in [0.3, 0.4) is 0 Å². The second kappa shape index (κ2) is 8.82. The van der Waals surface area contributed by atoms with Gasteiger partial charge in [-0.05, 0) is 49.6 Å². The first-order valence-electron chi connectivity index (χ1n) is 10.3. The van der Waals surface area contributed by atoms with Crippen molar-refractivity contribution in [3.8, 4) is 0 Å². The highest BCUT2D eigenvalue weighted by molar-refractivity contribution is 7.89. The number of halogens is 1. The van der Waals surface area contributed by atoms with Gasteiger partial charge >= 0.3 is 0 Å². The predicted octanol–water partition coefficient (Wildman–Crippen LogP) is 2.61. The lowest BCUT2D eigenvalue weighted by atomic mass is 10.1. The van der Waals surface area contributed by atoms with Gasteiger partial charge in [0.15, 0.2) is 0 Å². The number of hydrogen-bond acceptors (Lipinski definition) is 5. The molecule has 1 saturated heterocycles. The van der Waals surface area contributed by atoms with E-state index >= 15 is 0 Å². The molecule has 0 radical (unpaired) electrons. The summed E-state index contributed by atoms with van der Waals surface area (Å²) < 4.78 is 29.2. The molecule has 1 fully saturated rings. The van der Waals surface area contributed by atoms with Gasteiger partial charge in [0.1, 0.15) is 10.6 Å². The molecule has 0 spiro atoms. The van der Waals surface area contributed by atoms with Crippen LogP contribution in [0.4, 0.5) is 0 Å². The summed E-state index contributed by atoms with van der Waals surface area (Å²) in [5.41, 5.74) is 2.24. The molecule has 32 heavy (non-hydrogen) atoms. The van der Waals surface area contributed by atoms with Crippen LogP contribution in [0.5, 0.6) is 0 Å². The van der Waals surface area contributed by atoms with Crippen LogP contribution in [0.1, 0.15) is 34.6 Å². The number of piperidine rings is 1. The average molecular weight is 477 g/mol. The zero-order valence-corrected chi connectivity index (χ0v) is 19.4. The fourth-order valence-electron chi connectivity index (χ4n) is 4.00. The summed E-state index contributed by atoms with van der Waals surface area (Å²) in [5.74, 6) is -0.400. The van der Waals surface area contributed by atoms with E-state index in [1.165, 1.54) is 10.4 Å². The van der Waals surface area contributed by atoms with Gasteiger partial charge in [0.2, 0.25) is 10.0 Å².